The van der Waals surface area contributed by atoms with E-state index in [-0.39, 0.29) is 5.91 Å². The maximum absolute atomic E-state index is 11.7. The summed E-state index contributed by atoms with van der Waals surface area (Å²) in [5.41, 5.74) is 0.951. The molecule has 1 atom stereocenters. The van der Waals surface area contributed by atoms with E-state index in [1.165, 1.54) is 11.3 Å². The number of nitrogens with one attached hydrogen (secondary N) is 2. The van der Waals surface area contributed by atoms with Gasteiger partial charge >= 0.3 is 0 Å². The Morgan fingerprint density at radius 1 is 1.75 bits per heavy atom. The minimum atomic E-state index is 0.0503. The summed E-state index contributed by atoms with van der Waals surface area (Å²) < 4.78 is 0. The molecule has 4 nitrogen and oxygen atoms in total. The first kappa shape index (κ1) is 11.9. The summed E-state index contributed by atoms with van der Waals surface area (Å²) in [7, 11) is 0. The van der Waals surface area contributed by atoms with Crippen LogP contribution in [0.3, 0.4) is 0 Å². The van der Waals surface area contributed by atoms with Crippen LogP contribution in [-0.4, -0.2) is 35.0 Å². The summed E-state index contributed by atoms with van der Waals surface area (Å²) >= 11 is 3.37. The highest BCUT2D eigenvalue weighted by atomic mass is 32.2. The quantitative estimate of drug-likeness (QED) is 0.861. The van der Waals surface area contributed by atoms with E-state index >= 15 is 0 Å². The first-order valence-electron chi connectivity index (χ1n) is 5.27. The van der Waals surface area contributed by atoms with Crippen molar-refractivity contribution in [3.8, 4) is 0 Å². The monoisotopic (exact) mass is 257 g/mol. The van der Waals surface area contributed by atoms with Crippen molar-refractivity contribution < 1.29 is 4.79 Å². The number of hydrogen-bond donors (Lipinski definition) is 2. The average molecular weight is 257 g/mol. The summed E-state index contributed by atoms with van der Waals surface area (Å²) in [6.07, 6.45) is 0.533. The lowest BCUT2D eigenvalue weighted by Crippen LogP contribution is -2.39. The molecule has 1 aliphatic heterocycles. The average Bonchev–Trinajstić information content (AvgIpc) is 2.65. The summed E-state index contributed by atoms with van der Waals surface area (Å²) in [4.78, 5) is 15.9. The number of aryl methyl sites for hydroxylation is 1. The van der Waals surface area contributed by atoms with Gasteiger partial charge in [-0.15, -0.1) is 11.3 Å². The molecule has 88 valence electrons. The number of thiazole rings is 1. The minimum Gasteiger partial charge on any atom is -0.312 e. The smallest absolute Gasteiger partial charge is 0.227 e. The molecule has 1 fully saturated rings. The molecule has 0 aliphatic carbocycles. The van der Waals surface area contributed by atoms with Crippen LogP contribution < -0.4 is 10.6 Å². The summed E-state index contributed by atoms with van der Waals surface area (Å²) in [6, 6.07) is 0.305. The zero-order valence-corrected chi connectivity index (χ0v) is 10.8. The van der Waals surface area contributed by atoms with Crippen LogP contribution in [0.5, 0.6) is 0 Å². The maximum Gasteiger partial charge on any atom is 0.227 e. The Morgan fingerprint density at radius 2 is 2.62 bits per heavy atom. The zero-order valence-electron chi connectivity index (χ0n) is 9.16. The first-order valence-corrected chi connectivity index (χ1v) is 7.30. The maximum atomic E-state index is 11.7. The number of nitrogens with zero attached hydrogens (tertiary/aromatic N) is 1. The second kappa shape index (κ2) is 5.65. The molecule has 2 rings (SSSR count). The second-order valence-corrected chi connectivity index (χ2v) is 5.78. The molecule has 1 amide bonds. The predicted molar refractivity (Wildman–Crippen MR) is 69.2 cm³/mol. The van der Waals surface area contributed by atoms with Gasteiger partial charge in [0.15, 0.2) is 5.13 Å². The van der Waals surface area contributed by atoms with Gasteiger partial charge in [-0.25, -0.2) is 4.98 Å². The van der Waals surface area contributed by atoms with Crippen molar-refractivity contribution in [1.82, 2.24) is 10.3 Å². The molecule has 1 saturated heterocycles. The lowest BCUT2D eigenvalue weighted by molar-refractivity contribution is -0.116. The molecule has 2 heterocycles. The van der Waals surface area contributed by atoms with Crippen molar-refractivity contribution in [3.63, 3.8) is 0 Å². The predicted octanol–water partition coefficient (Wildman–Crippen LogP) is 1.49. The van der Waals surface area contributed by atoms with Gasteiger partial charge in [-0.2, -0.15) is 11.8 Å². The van der Waals surface area contributed by atoms with Gasteiger partial charge < -0.3 is 10.6 Å². The summed E-state index contributed by atoms with van der Waals surface area (Å²) in [5.74, 6) is 2.21. The van der Waals surface area contributed by atoms with E-state index in [0.717, 1.165) is 23.7 Å². The van der Waals surface area contributed by atoms with Gasteiger partial charge in [0, 0.05) is 35.9 Å². The SMILES string of the molecule is Cc1csc(NC(=O)CC2CSCCN2)n1. The van der Waals surface area contributed by atoms with Crippen molar-refractivity contribution in [1.29, 1.82) is 0 Å². The highest BCUT2D eigenvalue weighted by Crippen LogP contribution is 2.16. The van der Waals surface area contributed by atoms with Crippen LogP contribution in [0.2, 0.25) is 0 Å². The van der Waals surface area contributed by atoms with E-state index in [1.54, 1.807) is 0 Å². The Morgan fingerprint density at radius 3 is 3.25 bits per heavy atom. The molecule has 0 bridgehead atoms. The summed E-state index contributed by atoms with van der Waals surface area (Å²) in [6.45, 7) is 2.92. The van der Waals surface area contributed by atoms with Crippen molar-refractivity contribution in [3.05, 3.63) is 11.1 Å². The van der Waals surface area contributed by atoms with Gasteiger partial charge in [0.25, 0.3) is 0 Å². The van der Waals surface area contributed by atoms with Crippen molar-refractivity contribution >= 4 is 34.1 Å². The highest BCUT2D eigenvalue weighted by Gasteiger charge is 2.17. The van der Waals surface area contributed by atoms with E-state index in [2.05, 4.69) is 15.6 Å². The van der Waals surface area contributed by atoms with Crippen LogP contribution >= 0.6 is 23.1 Å². The van der Waals surface area contributed by atoms with Crippen LogP contribution in [0.25, 0.3) is 0 Å². The number of anilines is 1. The van der Waals surface area contributed by atoms with E-state index in [4.69, 9.17) is 0 Å². The molecule has 1 aliphatic rings. The Labute approximate surface area is 103 Å². The number of carbonyl (C=O) groups is 1. The van der Waals surface area contributed by atoms with Crippen molar-refractivity contribution in [2.24, 2.45) is 0 Å². The van der Waals surface area contributed by atoms with Gasteiger partial charge in [-0.1, -0.05) is 0 Å². The highest BCUT2D eigenvalue weighted by molar-refractivity contribution is 7.99. The third kappa shape index (κ3) is 3.47. The molecule has 0 radical (unpaired) electrons. The fourth-order valence-electron chi connectivity index (χ4n) is 1.56. The number of thioether (sulfide) groups is 1. The van der Waals surface area contributed by atoms with Crippen LogP contribution in [0, 0.1) is 6.92 Å². The third-order valence-corrected chi connectivity index (χ3v) is 4.30. The fraction of sp³-hybridized carbons (Fsp3) is 0.600. The Balaban J connectivity index is 1.79. The van der Waals surface area contributed by atoms with Gasteiger partial charge in [-0.05, 0) is 6.92 Å². The standard InChI is InChI=1S/C10H15N3OS2/c1-7-5-16-10(12-7)13-9(14)4-8-6-15-3-2-11-8/h5,8,11H,2-4,6H2,1H3,(H,12,13,14). The molecule has 1 aromatic rings. The Kier molecular flexibility index (Phi) is 4.20. The number of rotatable bonds is 3. The largest absolute Gasteiger partial charge is 0.312 e. The van der Waals surface area contributed by atoms with E-state index in [1.807, 2.05) is 24.1 Å². The Bertz CT molecular complexity index is 361. The third-order valence-electron chi connectivity index (χ3n) is 2.30. The van der Waals surface area contributed by atoms with E-state index < -0.39 is 0 Å². The lowest BCUT2D eigenvalue weighted by atomic mass is 10.2. The number of carbonyl (C=O) groups excluding carboxylic acids is 1. The van der Waals surface area contributed by atoms with Crippen LogP contribution in [0.15, 0.2) is 5.38 Å². The van der Waals surface area contributed by atoms with Gasteiger partial charge in [0.05, 0.1) is 5.69 Å². The molecule has 16 heavy (non-hydrogen) atoms. The second-order valence-electron chi connectivity index (χ2n) is 3.77. The molecular formula is C10H15N3OS2. The molecule has 1 unspecified atom stereocenters. The number of amides is 1. The topological polar surface area (TPSA) is 54.0 Å². The number of hydrogen-bond acceptors (Lipinski definition) is 5. The molecule has 0 aromatic carbocycles. The summed E-state index contributed by atoms with van der Waals surface area (Å²) in [5, 5.41) is 8.81. The van der Waals surface area contributed by atoms with Crippen molar-refractivity contribution in [2.75, 3.05) is 23.4 Å². The first-order chi connectivity index (χ1) is 7.74. The molecule has 2 N–H and O–H groups in total. The molecule has 0 spiro atoms. The van der Waals surface area contributed by atoms with Gasteiger partial charge in [-0.3, -0.25) is 4.79 Å². The van der Waals surface area contributed by atoms with Crippen LogP contribution in [-0.2, 0) is 4.79 Å². The molecule has 6 heteroatoms. The van der Waals surface area contributed by atoms with Crippen molar-refractivity contribution in [2.45, 2.75) is 19.4 Å². The van der Waals surface area contributed by atoms with E-state index in [0.29, 0.717) is 17.6 Å². The zero-order chi connectivity index (χ0) is 11.4. The van der Waals surface area contributed by atoms with Gasteiger partial charge in [0.2, 0.25) is 5.91 Å². The number of aromatic nitrogens is 1. The van der Waals surface area contributed by atoms with Crippen LogP contribution in [0.1, 0.15) is 12.1 Å². The molecular weight excluding hydrogens is 242 g/mol. The molecule has 1 aromatic heterocycles. The fourth-order valence-corrected chi connectivity index (χ4v) is 3.21. The van der Waals surface area contributed by atoms with Crippen LogP contribution in [0.4, 0.5) is 5.13 Å². The lowest BCUT2D eigenvalue weighted by Gasteiger charge is -2.22. The Hall–Kier alpha value is -0.590. The molecule has 0 saturated carbocycles. The van der Waals surface area contributed by atoms with Gasteiger partial charge in [0.1, 0.15) is 0 Å². The minimum absolute atomic E-state index is 0.0503. The normalized spacial score (nSPS) is 20.7. The van der Waals surface area contributed by atoms with E-state index in [9.17, 15) is 4.79 Å².